The number of nitrogens with zero attached hydrogens (tertiary/aromatic N) is 3. The average molecular weight is 484 g/mol. The number of methoxy groups -OCH3 is 2. The van der Waals surface area contributed by atoms with Crippen molar-refractivity contribution in [3.8, 4) is 11.5 Å². The highest BCUT2D eigenvalue weighted by atomic mass is 32.2. The molecule has 0 N–H and O–H groups in total. The van der Waals surface area contributed by atoms with Crippen LogP contribution in [0.25, 0.3) is 0 Å². The van der Waals surface area contributed by atoms with Crippen LogP contribution >= 0.6 is 11.8 Å². The number of hydrogen-bond acceptors (Lipinski definition) is 5. The number of amides is 3. The first-order chi connectivity index (χ1) is 16.4. The third-order valence-corrected chi connectivity index (χ3v) is 8.85. The summed E-state index contributed by atoms with van der Waals surface area (Å²) in [6.45, 7) is 6.69. The monoisotopic (exact) mass is 483 g/mol. The maximum absolute atomic E-state index is 13.7. The number of fused-ring (bicyclic) bond motifs is 3. The van der Waals surface area contributed by atoms with E-state index in [-0.39, 0.29) is 28.6 Å². The van der Waals surface area contributed by atoms with E-state index in [4.69, 9.17) is 9.47 Å². The second-order valence-electron chi connectivity index (χ2n) is 9.45. The van der Waals surface area contributed by atoms with Gasteiger partial charge in [0, 0.05) is 42.9 Å². The second-order valence-corrected chi connectivity index (χ2v) is 10.6. The number of thioether (sulfide) groups is 1. The molecule has 2 atom stereocenters. The number of urea groups is 1. The van der Waals surface area contributed by atoms with E-state index in [0.717, 1.165) is 47.6 Å². The van der Waals surface area contributed by atoms with E-state index in [1.54, 1.807) is 26.0 Å². The number of likely N-dealkylation sites (tertiary alicyclic amines) is 1. The van der Waals surface area contributed by atoms with Crippen molar-refractivity contribution in [3.05, 3.63) is 46.5 Å². The van der Waals surface area contributed by atoms with Crippen molar-refractivity contribution in [3.63, 3.8) is 0 Å². The molecule has 4 aliphatic heterocycles. The van der Waals surface area contributed by atoms with Gasteiger partial charge in [-0.1, -0.05) is 19.1 Å². The van der Waals surface area contributed by atoms with Crippen LogP contribution < -0.4 is 9.47 Å². The van der Waals surface area contributed by atoms with Crippen LogP contribution in [0.5, 0.6) is 11.5 Å². The molecule has 182 valence electrons. The smallest absolute Gasteiger partial charge is 0.325 e. The van der Waals surface area contributed by atoms with Gasteiger partial charge in [0.05, 0.1) is 31.6 Å². The van der Waals surface area contributed by atoms with Gasteiger partial charge in [0.15, 0.2) is 0 Å². The molecule has 34 heavy (non-hydrogen) atoms. The van der Waals surface area contributed by atoms with E-state index >= 15 is 0 Å². The van der Waals surface area contributed by atoms with Crippen LogP contribution in [0.3, 0.4) is 0 Å². The van der Waals surface area contributed by atoms with Gasteiger partial charge in [-0.05, 0) is 43.2 Å². The maximum atomic E-state index is 13.7. The molecule has 4 heterocycles. The van der Waals surface area contributed by atoms with E-state index in [0.29, 0.717) is 26.2 Å². The Bertz CT molecular complexity index is 1050. The van der Waals surface area contributed by atoms with Crippen molar-refractivity contribution in [1.82, 2.24) is 14.7 Å². The van der Waals surface area contributed by atoms with Crippen molar-refractivity contribution in [1.29, 1.82) is 0 Å². The van der Waals surface area contributed by atoms with Crippen molar-refractivity contribution in [2.75, 3.05) is 33.9 Å². The number of hydrogen-bond donors (Lipinski definition) is 0. The normalized spacial score (nSPS) is 25.2. The van der Waals surface area contributed by atoms with Crippen LogP contribution in [0.2, 0.25) is 0 Å². The number of benzene rings is 1. The van der Waals surface area contributed by atoms with Gasteiger partial charge in [-0.3, -0.25) is 9.69 Å². The van der Waals surface area contributed by atoms with E-state index in [1.807, 2.05) is 39.2 Å². The molecule has 1 spiro atoms. The first-order valence-electron chi connectivity index (χ1n) is 12.1. The molecule has 2 fully saturated rings. The highest BCUT2D eigenvalue weighted by molar-refractivity contribution is 8.03. The molecule has 4 aliphatic rings. The molecule has 0 radical (unpaired) electrons. The topological polar surface area (TPSA) is 62.3 Å². The SMILES string of the molecule is CCN1C(=O)N2Cc3cc(OC)cc(OC)c3[C@@H](C)C=C2C12CCN(C(=O)C1CC=CS1)CC2. The number of rotatable bonds is 4. The minimum absolute atomic E-state index is 0.00657. The summed E-state index contributed by atoms with van der Waals surface area (Å²) in [5, 5.41) is 2.03. The fraction of sp³-hybridized carbons (Fsp3) is 0.538. The van der Waals surface area contributed by atoms with Crippen LogP contribution in [0.15, 0.2) is 35.4 Å². The summed E-state index contributed by atoms with van der Waals surface area (Å²) >= 11 is 1.62. The lowest BCUT2D eigenvalue weighted by Crippen LogP contribution is -2.55. The fourth-order valence-corrected chi connectivity index (χ4v) is 7.01. The highest BCUT2D eigenvalue weighted by Gasteiger charge is 2.55. The Labute approximate surface area is 205 Å². The quantitative estimate of drug-likeness (QED) is 0.638. The first kappa shape index (κ1) is 23.1. The molecular formula is C26H33N3O4S. The molecule has 1 aromatic rings. The van der Waals surface area contributed by atoms with E-state index in [1.165, 1.54) is 0 Å². The summed E-state index contributed by atoms with van der Waals surface area (Å²) < 4.78 is 11.2. The molecule has 0 saturated carbocycles. The van der Waals surface area contributed by atoms with Gasteiger partial charge >= 0.3 is 6.03 Å². The minimum atomic E-state index is -0.378. The van der Waals surface area contributed by atoms with Crippen molar-refractivity contribution in [2.45, 2.75) is 56.4 Å². The largest absolute Gasteiger partial charge is 0.497 e. The highest BCUT2D eigenvalue weighted by Crippen LogP contribution is 2.49. The van der Waals surface area contributed by atoms with Crippen LogP contribution in [-0.2, 0) is 11.3 Å². The van der Waals surface area contributed by atoms with Gasteiger partial charge < -0.3 is 19.3 Å². The third kappa shape index (κ3) is 3.49. The van der Waals surface area contributed by atoms with Crippen LogP contribution in [0, 0.1) is 0 Å². The summed E-state index contributed by atoms with van der Waals surface area (Å²) in [5.74, 6) is 1.82. The zero-order valence-electron chi connectivity index (χ0n) is 20.4. The Morgan fingerprint density at radius 3 is 2.59 bits per heavy atom. The summed E-state index contributed by atoms with van der Waals surface area (Å²) in [6, 6.07) is 3.99. The average Bonchev–Trinajstić information content (AvgIpc) is 3.42. The van der Waals surface area contributed by atoms with Crippen molar-refractivity contribution < 1.29 is 19.1 Å². The number of carbonyl (C=O) groups is 2. The standard InChI is InChI=1S/C26H33N3O4S/c1-5-29-25(31)28-16-18-14-19(32-3)15-20(33-4)23(18)17(2)13-22(28)26(29)8-10-27(11-9-26)24(30)21-7-6-12-34-21/h6,12-15,17,21H,5,7-11,16H2,1-4H3/t17-,21?/m0/s1. The molecule has 2 saturated heterocycles. The second kappa shape index (κ2) is 8.87. The van der Waals surface area contributed by atoms with Crippen LogP contribution in [0.1, 0.15) is 50.2 Å². The van der Waals surface area contributed by atoms with Crippen molar-refractivity contribution >= 4 is 23.7 Å². The lowest BCUT2D eigenvalue weighted by Gasteiger charge is -2.44. The Morgan fingerprint density at radius 1 is 1.21 bits per heavy atom. The molecule has 7 nitrogen and oxygen atoms in total. The molecule has 3 amide bonds. The molecule has 0 bridgehead atoms. The van der Waals surface area contributed by atoms with E-state index < -0.39 is 0 Å². The maximum Gasteiger partial charge on any atom is 0.325 e. The Hall–Kier alpha value is -2.61. The summed E-state index contributed by atoms with van der Waals surface area (Å²) in [5.41, 5.74) is 2.86. The number of likely N-dealkylation sites (N-methyl/N-ethyl adjacent to an activating group) is 1. The fourth-order valence-electron chi connectivity index (χ4n) is 6.11. The molecule has 8 heteroatoms. The van der Waals surface area contributed by atoms with Gasteiger partial charge in [-0.25, -0.2) is 4.79 Å². The number of ether oxygens (including phenoxy) is 2. The molecule has 5 rings (SSSR count). The third-order valence-electron chi connectivity index (χ3n) is 7.78. The number of allylic oxidation sites excluding steroid dienone is 2. The summed E-state index contributed by atoms with van der Waals surface area (Å²) in [4.78, 5) is 32.7. The molecule has 1 unspecified atom stereocenters. The van der Waals surface area contributed by atoms with Crippen molar-refractivity contribution in [2.24, 2.45) is 0 Å². The van der Waals surface area contributed by atoms with Crippen LogP contribution in [-0.4, -0.2) is 71.3 Å². The zero-order chi connectivity index (χ0) is 24.0. The van der Waals surface area contributed by atoms with Gasteiger partial charge in [0.2, 0.25) is 5.91 Å². The summed E-state index contributed by atoms with van der Waals surface area (Å²) in [6.07, 6.45) is 6.65. The summed E-state index contributed by atoms with van der Waals surface area (Å²) in [7, 11) is 3.33. The molecule has 1 aromatic carbocycles. The number of carbonyl (C=O) groups excluding carboxylic acids is 2. The predicted molar refractivity (Wildman–Crippen MR) is 133 cm³/mol. The lowest BCUT2D eigenvalue weighted by molar-refractivity contribution is -0.132. The Kier molecular flexibility index (Phi) is 6.04. The lowest BCUT2D eigenvalue weighted by atomic mass is 9.82. The Balaban J connectivity index is 1.48. The first-order valence-corrected chi connectivity index (χ1v) is 13.0. The van der Waals surface area contributed by atoms with Gasteiger partial charge in [0.1, 0.15) is 11.5 Å². The van der Waals surface area contributed by atoms with Gasteiger partial charge in [-0.15, -0.1) is 11.8 Å². The number of piperidine rings is 1. The molecule has 0 aromatic heterocycles. The van der Waals surface area contributed by atoms with Gasteiger partial charge in [0.25, 0.3) is 0 Å². The predicted octanol–water partition coefficient (Wildman–Crippen LogP) is 4.34. The molecular weight excluding hydrogens is 450 g/mol. The van der Waals surface area contributed by atoms with E-state index in [2.05, 4.69) is 19.1 Å². The van der Waals surface area contributed by atoms with Crippen LogP contribution in [0.4, 0.5) is 4.79 Å². The van der Waals surface area contributed by atoms with Gasteiger partial charge in [-0.2, -0.15) is 0 Å². The zero-order valence-corrected chi connectivity index (χ0v) is 21.2. The molecule has 0 aliphatic carbocycles. The minimum Gasteiger partial charge on any atom is -0.497 e. The van der Waals surface area contributed by atoms with E-state index in [9.17, 15) is 9.59 Å². The Morgan fingerprint density at radius 2 is 1.97 bits per heavy atom.